The van der Waals surface area contributed by atoms with E-state index in [1.54, 1.807) is 17.8 Å². The van der Waals surface area contributed by atoms with Gasteiger partial charge in [0, 0.05) is 29.6 Å². The molecule has 2 rings (SSSR count). The second-order valence-electron chi connectivity index (χ2n) is 3.77. The number of nitrogen functional groups attached to an aromatic ring is 1. The fraction of sp³-hybridized carbons (Fsp3) is 0.154. The van der Waals surface area contributed by atoms with Gasteiger partial charge in [-0.3, -0.25) is 0 Å². The molecule has 3 nitrogen and oxygen atoms in total. The Labute approximate surface area is 110 Å². The SMILES string of the molecule is CNc1ccc(CSc2ccc(F)cc2N)cn1. The van der Waals surface area contributed by atoms with Crippen LogP contribution < -0.4 is 11.1 Å². The van der Waals surface area contributed by atoms with Crippen LogP contribution >= 0.6 is 11.8 Å². The first-order chi connectivity index (χ1) is 8.69. The number of pyridine rings is 1. The van der Waals surface area contributed by atoms with Crippen LogP contribution in [0.4, 0.5) is 15.9 Å². The molecule has 0 bridgehead atoms. The van der Waals surface area contributed by atoms with Crippen molar-refractivity contribution in [1.82, 2.24) is 4.98 Å². The van der Waals surface area contributed by atoms with Gasteiger partial charge >= 0.3 is 0 Å². The standard InChI is InChI=1S/C13H14FN3S/c1-16-13-5-2-9(7-17-13)8-18-12-4-3-10(14)6-11(12)15/h2-7H,8,15H2,1H3,(H,16,17). The van der Waals surface area contributed by atoms with Crippen molar-refractivity contribution in [2.24, 2.45) is 0 Å². The van der Waals surface area contributed by atoms with E-state index in [1.807, 2.05) is 25.4 Å². The summed E-state index contributed by atoms with van der Waals surface area (Å²) < 4.78 is 12.9. The third kappa shape index (κ3) is 3.13. The number of aromatic nitrogens is 1. The summed E-state index contributed by atoms with van der Waals surface area (Å²) in [6.45, 7) is 0. The second-order valence-corrected chi connectivity index (χ2v) is 4.79. The summed E-state index contributed by atoms with van der Waals surface area (Å²) in [5.41, 5.74) is 7.32. The maximum Gasteiger partial charge on any atom is 0.125 e. The van der Waals surface area contributed by atoms with Gasteiger partial charge in [0.25, 0.3) is 0 Å². The number of anilines is 2. The minimum atomic E-state index is -0.308. The fourth-order valence-electron chi connectivity index (χ4n) is 1.47. The fourth-order valence-corrected chi connectivity index (χ4v) is 2.35. The molecule has 0 amide bonds. The highest BCUT2D eigenvalue weighted by Crippen LogP contribution is 2.28. The molecule has 5 heteroatoms. The molecule has 0 unspecified atom stereocenters. The van der Waals surface area contributed by atoms with Gasteiger partial charge in [-0.05, 0) is 29.8 Å². The van der Waals surface area contributed by atoms with Gasteiger partial charge in [-0.1, -0.05) is 6.07 Å². The van der Waals surface area contributed by atoms with Crippen LogP contribution in [0, 0.1) is 5.82 Å². The molecule has 1 aromatic heterocycles. The summed E-state index contributed by atoms with van der Waals surface area (Å²) in [4.78, 5) is 5.11. The number of hydrogen-bond donors (Lipinski definition) is 2. The summed E-state index contributed by atoms with van der Waals surface area (Å²) in [5.74, 6) is 1.29. The molecule has 0 saturated carbocycles. The van der Waals surface area contributed by atoms with Crippen LogP contribution in [0.25, 0.3) is 0 Å². The molecule has 18 heavy (non-hydrogen) atoms. The Morgan fingerprint density at radius 1 is 1.33 bits per heavy atom. The minimum Gasteiger partial charge on any atom is -0.398 e. The number of nitrogens with one attached hydrogen (secondary N) is 1. The summed E-state index contributed by atoms with van der Waals surface area (Å²) in [6.07, 6.45) is 1.82. The summed E-state index contributed by atoms with van der Waals surface area (Å²) in [7, 11) is 1.83. The van der Waals surface area contributed by atoms with Crippen LogP contribution in [0.3, 0.4) is 0 Å². The Kier molecular flexibility index (Phi) is 4.04. The van der Waals surface area contributed by atoms with Gasteiger partial charge in [0.2, 0.25) is 0 Å². The van der Waals surface area contributed by atoms with Gasteiger partial charge < -0.3 is 11.1 Å². The Morgan fingerprint density at radius 3 is 2.78 bits per heavy atom. The van der Waals surface area contributed by atoms with E-state index >= 15 is 0 Å². The van der Waals surface area contributed by atoms with E-state index in [0.29, 0.717) is 5.69 Å². The molecule has 94 valence electrons. The molecule has 0 spiro atoms. The quantitative estimate of drug-likeness (QED) is 0.657. The van der Waals surface area contributed by atoms with Crippen LogP contribution in [0.15, 0.2) is 41.4 Å². The average molecular weight is 263 g/mol. The zero-order chi connectivity index (χ0) is 13.0. The van der Waals surface area contributed by atoms with E-state index in [9.17, 15) is 4.39 Å². The maximum absolute atomic E-state index is 12.9. The number of thioether (sulfide) groups is 1. The van der Waals surface area contributed by atoms with E-state index in [0.717, 1.165) is 22.0 Å². The van der Waals surface area contributed by atoms with Gasteiger partial charge in [0.05, 0.1) is 0 Å². The van der Waals surface area contributed by atoms with Crippen LogP contribution in [0.2, 0.25) is 0 Å². The smallest absolute Gasteiger partial charge is 0.125 e. The normalized spacial score (nSPS) is 10.3. The Morgan fingerprint density at radius 2 is 2.17 bits per heavy atom. The van der Waals surface area contributed by atoms with Crippen LogP contribution in [-0.4, -0.2) is 12.0 Å². The number of rotatable bonds is 4. The molecule has 0 aliphatic rings. The van der Waals surface area contributed by atoms with E-state index in [-0.39, 0.29) is 5.82 Å². The van der Waals surface area contributed by atoms with Gasteiger partial charge in [0.15, 0.2) is 0 Å². The molecule has 0 fully saturated rings. The molecular weight excluding hydrogens is 249 g/mol. The third-order valence-electron chi connectivity index (χ3n) is 2.45. The highest BCUT2D eigenvalue weighted by molar-refractivity contribution is 7.98. The minimum absolute atomic E-state index is 0.308. The molecule has 0 atom stereocenters. The first kappa shape index (κ1) is 12.7. The van der Waals surface area contributed by atoms with Crippen molar-refractivity contribution >= 4 is 23.3 Å². The molecule has 0 radical (unpaired) electrons. The first-order valence-electron chi connectivity index (χ1n) is 5.49. The Hall–Kier alpha value is -1.75. The molecule has 3 N–H and O–H groups in total. The topological polar surface area (TPSA) is 50.9 Å². The van der Waals surface area contributed by atoms with Gasteiger partial charge in [-0.15, -0.1) is 11.8 Å². The lowest BCUT2D eigenvalue weighted by atomic mass is 10.3. The van der Waals surface area contributed by atoms with Crippen molar-refractivity contribution in [3.05, 3.63) is 47.9 Å². The molecule has 0 aliphatic carbocycles. The monoisotopic (exact) mass is 263 g/mol. The van der Waals surface area contributed by atoms with Crippen molar-refractivity contribution < 1.29 is 4.39 Å². The van der Waals surface area contributed by atoms with E-state index in [4.69, 9.17) is 5.73 Å². The molecular formula is C13H14FN3S. The highest BCUT2D eigenvalue weighted by Gasteiger charge is 2.02. The lowest BCUT2D eigenvalue weighted by molar-refractivity contribution is 0.627. The van der Waals surface area contributed by atoms with Crippen LogP contribution in [0.1, 0.15) is 5.56 Å². The Balaban J connectivity index is 2.02. The number of hydrogen-bond acceptors (Lipinski definition) is 4. The lowest BCUT2D eigenvalue weighted by Gasteiger charge is -2.06. The zero-order valence-electron chi connectivity index (χ0n) is 9.98. The van der Waals surface area contributed by atoms with Gasteiger partial charge in [-0.25, -0.2) is 9.37 Å². The van der Waals surface area contributed by atoms with Crippen molar-refractivity contribution in [3.63, 3.8) is 0 Å². The first-order valence-corrected chi connectivity index (χ1v) is 6.48. The number of nitrogens with two attached hydrogens (primary N) is 1. The molecule has 1 heterocycles. The largest absolute Gasteiger partial charge is 0.398 e. The third-order valence-corrected chi connectivity index (χ3v) is 3.61. The maximum atomic E-state index is 12.9. The summed E-state index contributed by atoms with van der Waals surface area (Å²) in [5, 5.41) is 2.96. The summed E-state index contributed by atoms with van der Waals surface area (Å²) in [6, 6.07) is 8.38. The van der Waals surface area contributed by atoms with Crippen molar-refractivity contribution in [2.75, 3.05) is 18.1 Å². The van der Waals surface area contributed by atoms with Gasteiger partial charge in [0.1, 0.15) is 11.6 Å². The predicted octanol–water partition coefficient (Wildman–Crippen LogP) is 3.14. The zero-order valence-corrected chi connectivity index (χ0v) is 10.8. The number of halogens is 1. The molecule has 1 aromatic carbocycles. The number of nitrogens with zero attached hydrogens (tertiary/aromatic N) is 1. The van der Waals surface area contributed by atoms with Gasteiger partial charge in [-0.2, -0.15) is 0 Å². The second kappa shape index (κ2) is 5.73. The highest BCUT2D eigenvalue weighted by atomic mass is 32.2. The summed E-state index contributed by atoms with van der Waals surface area (Å²) >= 11 is 1.57. The Bertz CT molecular complexity index is 528. The van der Waals surface area contributed by atoms with Crippen LogP contribution in [-0.2, 0) is 5.75 Å². The lowest BCUT2D eigenvalue weighted by Crippen LogP contribution is -1.93. The van der Waals surface area contributed by atoms with Crippen molar-refractivity contribution in [1.29, 1.82) is 0 Å². The predicted molar refractivity (Wildman–Crippen MR) is 74.2 cm³/mol. The van der Waals surface area contributed by atoms with Crippen molar-refractivity contribution in [2.45, 2.75) is 10.6 Å². The number of benzene rings is 1. The molecule has 0 saturated heterocycles. The van der Waals surface area contributed by atoms with E-state index in [2.05, 4.69) is 10.3 Å². The van der Waals surface area contributed by atoms with Crippen LogP contribution in [0.5, 0.6) is 0 Å². The molecule has 0 aliphatic heterocycles. The van der Waals surface area contributed by atoms with E-state index in [1.165, 1.54) is 12.1 Å². The molecule has 2 aromatic rings. The van der Waals surface area contributed by atoms with Crippen molar-refractivity contribution in [3.8, 4) is 0 Å². The van der Waals surface area contributed by atoms with E-state index < -0.39 is 0 Å². The average Bonchev–Trinajstić information content (AvgIpc) is 2.38.